The molecule has 1 rings (SSSR count). The largest absolute Gasteiger partial charge is 0.383 e. The Kier molecular flexibility index (Phi) is 7.31. The summed E-state index contributed by atoms with van der Waals surface area (Å²) in [6.07, 6.45) is 1.77. The van der Waals surface area contributed by atoms with E-state index in [1.807, 2.05) is 26.0 Å². The Morgan fingerprint density at radius 2 is 1.86 bits per heavy atom. The van der Waals surface area contributed by atoms with Crippen molar-refractivity contribution in [1.29, 1.82) is 0 Å². The van der Waals surface area contributed by atoms with Gasteiger partial charge < -0.3 is 10.5 Å². The van der Waals surface area contributed by atoms with Crippen molar-refractivity contribution < 1.29 is 13.2 Å². The highest BCUT2D eigenvalue weighted by Gasteiger charge is 2.26. The maximum Gasteiger partial charge on any atom is 0.243 e. The normalized spacial score (nSPS) is 12.3. The highest BCUT2D eigenvalue weighted by molar-refractivity contribution is 7.89. The van der Waals surface area contributed by atoms with Crippen LogP contribution in [0.3, 0.4) is 0 Å². The number of benzene rings is 1. The van der Waals surface area contributed by atoms with E-state index < -0.39 is 10.0 Å². The average molecular weight is 314 g/mol. The minimum atomic E-state index is -3.48. The van der Waals surface area contributed by atoms with Crippen LogP contribution in [-0.2, 0) is 21.2 Å². The molecule has 0 saturated carbocycles. The van der Waals surface area contributed by atoms with E-state index in [-0.39, 0.29) is 6.04 Å². The lowest BCUT2D eigenvalue weighted by Crippen LogP contribution is -2.39. The second kappa shape index (κ2) is 8.48. The predicted molar refractivity (Wildman–Crippen MR) is 84.7 cm³/mol. The standard InChI is InChI=1S/C15H26N2O3S/c1-13(2)17(11-12-20-3)21(18,19)15-8-6-14(7-9-15)5-4-10-16/h6-9,13H,4-5,10-12,16H2,1-3H3. The first-order chi connectivity index (χ1) is 9.93. The molecule has 0 aliphatic heterocycles. The van der Waals surface area contributed by atoms with Crippen LogP contribution in [0.5, 0.6) is 0 Å². The molecule has 0 spiro atoms. The lowest BCUT2D eigenvalue weighted by atomic mass is 10.1. The molecule has 21 heavy (non-hydrogen) atoms. The molecule has 2 N–H and O–H groups in total. The fourth-order valence-corrected chi connectivity index (χ4v) is 3.73. The van der Waals surface area contributed by atoms with Gasteiger partial charge in [0.05, 0.1) is 11.5 Å². The van der Waals surface area contributed by atoms with Crippen LogP contribution in [0, 0.1) is 0 Å². The fraction of sp³-hybridized carbons (Fsp3) is 0.600. The van der Waals surface area contributed by atoms with E-state index in [1.165, 1.54) is 4.31 Å². The Bertz CT molecular complexity index is 512. The topological polar surface area (TPSA) is 72.6 Å². The van der Waals surface area contributed by atoms with E-state index in [1.54, 1.807) is 19.2 Å². The lowest BCUT2D eigenvalue weighted by Gasteiger charge is -2.25. The summed E-state index contributed by atoms with van der Waals surface area (Å²) in [5.41, 5.74) is 6.58. The van der Waals surface area contributed by atoms with E-state index in [2.05, 4.69) is 0 Å². The van der Waals surface area contributed by atoms with E-state index in [4.69, 9.17) is 10.5 Å². The molecule has 0 fully saturated rings. The smallest absolute Gasteiger partial charge is 0.243 e. The Morgan fingerprint density at radius 1 is 1.24 bits per heavy atom. The maximum atomic E-state index is 12.7. The van der Waals surface area contributed by atoms with Crippen molar-refractivity contribution in [1.82, 2.24) is 4.31 Å². The Balaban J connectivity index is 2.94. The number of nitrogens with two attached hydrogens (primary N) is 1. The molecule has 0 amide bonds. The molecule has 0 unspecified atom stereocenters. The summed E-state index contributed by atoms with van der Waals surface area (Å²) in [7, 11) is -1.91. The van der Waals surface area contributed by atoms with Crippen LogP contribution in [-0.4, -0.2) is 45.6 Å². The minimum absolute atomic E-state index is 0.109. The van der Waals surface area contributed by atoms with Crippen LogP contribution < -0.4 is 5.73 Å². The van der Waals surface area contributed by atoms with Gasteiger partial charge in [0, 0.05) is 19.7 Å². The molecule has 1 aromatic carbocycles. The average Bonchev–Trinajstić information content (AvgIpc) is 2.45. The number of ether oxygens (including phenoxy) is 1. The van der Waals surface area contributed by atoms with Gasteiger partial charge in [-0.3, -0.25) is 0 Å². The van der Waals surface area contributed by atoms with Crippen LogP contribution in [0.4, 0.5) is 0 Å². The molecule has 0 heterocycles. The van der Waals surface area contributed by atoms with Gasteiger partial charge in [-0.2, -0.15) is 4.31 Å². The first-order valence-corrected chi connectivity index (χ1v) is 8.67. The van der Waals surface area contributed by atoms with Crippen LogP contribution in [0.1, 0.15) is 25.8 Å². The number of hydrogen-bond acceptors (Lipinski definition) is 4. The zero-order valence-electron chi connectivity index (χ0n) is 13.1. The molecule has 1 aromatic rings. The second-order valence-corrected chi connectivity index (χ2v) is 7.13. The zero-order valence-corrected chi connectivity index (χ0v) is 13.9. The van der Waals surface area contributed by atoms with Gasteiger partial charge in [0.2, 0.25) is 10.0 Å². The summed E-state index contributed by atoms with van der Waals surface area (Å²) in [5, 5.41) is 0. The van der Waals surface area contributed by atoms with Crippen molar-refractivity contribution in [2.75, 3.05) is 26.8 Å². The monoisotopic (exact) mass is 314 g/mol. The number of hydrogen-bond donors (Lipinski definition) is 1. The van der Waals surface area contributed by atoms with Gasteiger partial charge in [0.15, 0.2) is 0 Å². The first-order valence-electron chi connectivity index (χ1n) is 7.23. The molecule has 0 aliphatic carbocycles. The lowest BCUT2D eigenvalue weighted by molar-refractivity contribution is 0.171. The van der Waals surface area contributed by atoms with Crippen molar-refractivity contribution in [2.24, 2.45) is 5.73 Å². The van der Waals surface area contributed by atoms with E-state index in [0.29, 0.717) is 24.6 Å². The van der Waals surface area contributed by atoms with Gasteiger partial charge in [0.25, 0.3) is 0 Å². The molecule has 0 atom stereocenters. The van der Waals surface area contributed by atoms with Crippen LogP contribution >= 0.6 is 0 Å². The molecule has 0 saturated heterocycles. The van der Waals surface area contributed by atoms with Crippen LogP contribution in [0.15, 0.2) is 29.2 Å². The third kappa shape index (κ3) is 5.07. The SMILES string of the molecule is COCCN(C(C)C)S(=O)(=O)c1ccc(CCCN)cc1. The zero-order chi connectivity index (χ0) is 15.9. The van der Waals surface area contributed by atoms with Gasteiger partial charge in [-0.15, -0.1) is 0 Å². The molecule has 6 heteroatoms. The molecular weight excluding hydrogens is 288 g/mol. The number of nitrogens with zero attached hydrogens (tertiary/aromatic N) is 1. The Labute approximate surface area is 128 Å². The van der Waals surface area contributed by atoms with E-state index in [9.17, 15) is 8.42 Å². The summed E-state index contributed by atoms with van der Waals surface area (Å²) in [6, 6.07) is 6.95. The third-order valence-electron chi connectivity index (χ3n) is 3.29. The second-order valence-electron chi connectivity index (χ2n) is 5.24. The molecule has 120 valence electrons. The number of aryl methyl sites for hydroxylation is 1. The van der Waals surface area contributed by atoms with E-state index >= 15 is 0 Å². The number of methoxy groups -OCH3 is 1. The van der Waals surface area contributed by atoms with Gasteiger partial charge in [-0.1, -0.05) is 12.1 Å². The summed E-state index contributed by atoms with van der Waals surface area (Å²) in [6.45, 7) is 5.10. The van der Waals surface area contributed by atoms with Crippen molar-refractivity contribution in [3.8, 4) is 0 Å². The van der Waals surface area contributed by atoms with Crippen LogP contribution in [0.25, 0.3) is 0 Å². The molecule has 5 nitrogen and oxygen atoms in total. The Hall–Kier alpha value is -0.950. The third-order valence-corrected chi connectivity index (χ3v) is 5.38. The molecule has 0 aliphatic rings. The fourth-order valence-electron chi connectivity index (χ4n) is 2.11. The maximum absolute atomic E-state index is 12.7. The summed E-state index contributed by atoms with van der Waals surface area (Å²) >= 11 is 0. The highest BCUT2D eigenvalue weighted by atomic mass is 32.2. The molecule has 0 radical (unpaired) electrons. The Morgan fingerprint density at radius 3 is 2.33 bits per heavy atom. The summed E-state index contributed by atoms with van der Waals surface area (Å²) < 4.78 is 31.8. The first kappa shape index (κ1) is 18.1. The molecule has 0 bridgehead atoms. The highest BCUT2D eigenvalue weighted by Crippen LogP contribution is 2.19. The van der Waals surface area contributed by atoms with Crippen molar-refractivity contribution in [3.05, 3.63) is 29.8 Å². The summed E-state index contributed by atoms with van der Waals surface area (Å²) in [5.74, 6) is 0. The van der Waals surface area contributed by atoms with Gasteiger partial charge >= 0.3 is 0 Å². The van der Waals surface area contributed by atoms with Gasteiger partial charge in [-0.05, 0) is 50.9 Å². The predicted octanol–water partition coefficient (Wildman–Crippen LogP) is 1.62. The quantitative estimate of drug-likeness (QED) is 0.752. The van der Waals surface area contributed by atoms with E-state index in [0.717, 1.165) is 18.4 Å². The number of sulfonamides is 1. The molecular formula is C15H26N2O3S. The van der Waals surface area contributed by atoms with Gasteiger partial charge in [0.1, 0.15) is 0 Å². The van der Waals surface area contributed by atoms with Gasteiger partial charge in [-0.25, -0.2) is 8.42 Å². The van der Waals surface area contributed by atoms with Crippen molar-refractivity contribution in [3.63, 3.8) is 0 Å². The van der Waals surface area contributed by atoms with Crippen LogP contribution in [0.2, 0.25) is 0 Å². The van der Waals surface area contributed by atoms with Crippen molar-refractivity contribution in [2.45, 2.75) is 37.6 Å². The number of rotatable bonds is 9. The summed E-state index contributed by atoms with van der Waals surface area (Å²) in [4.78, 5) is 0.323. The molecule has 0 aromatic heterocycles. The van der Waals surface area contributed by atoms with Crippen molar-refractivity contribution >= 4 is 10.0 Å². The minimum Gasteiger partial charge on any atom is -0.383 e.